The molecule has 138 valence electrons. The Bertz CT molecular complexity index is 1110. The Morgan fingerprint density at radius 3 is 2.42 bits per heavy atom. The lowest BCUT2D eigenvalue weighted by atomic mass is 10.1. The topological polar surface area (TPSA) is 93.1 Å². The summed E-state index contributed by atoms with van der Waals surface area (Å²) in [6.07, 6.45) is 3.91. The smallest absolute Gasteiger partial charge is 0.279 e. The Labute approximate surface area is 152 Å². The normalized spacial score (nSPS) is 14.0. The molecule has 0 radical (unpaired) electrons. The van der Waals surface area contributed by atoms with Crippen molar-refractivity contribution in [3.63, 3.8) is 0 Å². The molecule has 7 nitrogen and oxygen atoms in total. The van der Waals surface area contributed by atoms with Gasteiger partial charge in [0.05, 0.1) is 16.3 Å². The van der Waals surface area contributed by atoms with Crippen LogP contribution in [0.2, 0.25) is 0 Å². The summed E-state index contributed by atoms with van der Waals surface area (Å²) in [5.74, 6) is 1.22. The van der Waals surface area contributed by atoms with E-state index in [1.54, 1.807) is 12.1 Å². The molecule has 26 heavy (non-hydrogen) atoms. The van der Waals surface area contributed by atoms with E-state index in [9.17, 15) is 9.00 Å². The molecule has 3 aromatic rings. The first-order valence-electron chi connectivity index (χ1n) is 8.52. The van der Waals surface area contributed by atoms with Crippen molar-refractivity contribution in [3.8, 4) is 0 Å². The monoisotopic (exact) mass is 373 g/mol. The summed E-state index contributed by atoms with van der Waals surface area (Å²) in [5.41, 5.74) is 1.52. The third-order valence-corrected chi connectivity index (χ3v) is 5.46. The van der Waals surface area contributed by atoms with Crippen LogP contribution in [0.4, 0.5) is 0 Å². The standard InChI is InChI=1S/C18H23N5O2S/c1-5-16-20-18-22(11-15(12(2)3)17(24)23(18)21-16)10-13-6-8-14(9-7-13)26(4,19)25/h6-9,11-12,19H,5,10H2,1-4H3/t26-/m0/s1. The fraction of sp³-hybridized carbons (Fsp3) is 0.389. The van der Waals surface area contributed by atoms with Gasteiger partial charge in [-0.1, -0.05) is 32.9 Å². The van der Waals surface area contributed by atoms with Crippen LogP contribution in [0.15, 0.2) is 40.2 Å². The molecule has 0 fully saturated rings. The Morgan fingerprint density at radius 1 is 1.23 bits per heavy atom. The molecule has 1 atom stereocenters. The largest absolute Gasteiger partial charge is 0.312 e. The van der Waals surface area contributed by atoms with Crippen molar-refractivity contribution in [1.82, 2.24) is 19.2 Å². The first-order chi connectivity index (χ1) is 12.2. The molecule has 2 heterocycles. The van der Waals surface area contributed by atoms with E-state index in [0.29, 0.717) is 35.0 Å². The third-order valence-electron chi connectivity index (χ3n) is 4.29. The van der Waals surface area contributed by atoms with E-state index in [2.05, 4.69) is 10.1 Å². The van der Waals surface area contributed by atoms with Crippen LogP contribution in [-0.2, 0) is 22.7 Å². The van der Waals surface area contributed by atoms with Gasteiger partial charge in [0.15, 0.2) is 5.82 Å². The molecule has 0 saturated heterocycles. The van der Waals surface area contributed by atoms with Crippen molar-refractivity contribution in [1.29, 1.82) is 4.78 Å². The molecule has 1 N–H and O–H groups in total. The van der Waals surface area contributed by atoms with E-state index in [1.807, 2.05) is 43.7 Å². The van der Waals surface area contributed by atoms with Gasteiger partial charge in [0.1, 0.15) is 0 Å². The van der Waals surface area contributed by atoms with Crippen molar-refractivity contribution >= 4 is 15.5 Å². The van der Waals surface area contributed by atoms with Crippen LogP contribution in [0.5, 0.6) is 0 Å². The van der Waals surface area contributed by atoms with Gasteiger partial charge in [0.2, 0.25) is 5.78 Å². The number of hydrogen-bond acceptors (Lipinski definition) is 5. The van der Waals surface area contributed by atoms with Crippen LogP contribution in [-0.4, -0.2) is 29.6 Å². The van der Waals surface area contributed by atoms with Crippen LogP contribution < -0.4 is 5.56 Å². The van der Waals surface area contributed by atoms with Gasteiger partial charge in [-0.15, -0.1) is 5.10 Å². The lowest BCUT2D eigenvalue weighted by Crippen LogP contribution is -2.24. The zero-order chi connectivity index (χ0) is 19.1. The number of rotatable bonds is 5. The van der Waals surface area contributed by atoms with Gasteiger partial charge in [-0.25, -0.2) is 8.99 Å². The van der Waals surface area contributed by atoms with Crippen LogP contribution in [0, 0.1) is 4.78 Å². The number of fused-ring (bicyclic) bond motifs is 1. The average molecular weight is 373 g/mol. The fourth-order valence-electron chi connectivity index (χ4n) is 2.78. The zero-order valence-corrected chi connectivity index (χ0v) is 16.2. The van der Waals surface area contributed by atoms with Crippen LogP contribution in [0.25, 0.3) is 5.78 Å². The van der Waals surface area contributed by atoms with E-state index in [-0.39, 0.29) is 11.5 Å². The fourth-order valence-corrected chi connectivity index (χ4v) is 3.44. The van der Waals surface area contributed by atoms with Gasteiger partial charge in [-0.3, -0.25) is 4.79 Å². The second-order valence-electron chi connectivity index (χ2n) is 6.75. The summed E-state index contributed by atoms with van der Waals surface area (Å²) in [7, 11) is -2.73. The van der Waals surface area contributed by atoms with Crippen molar-refractivity contribution in [2.75, 3.05) is 6.26 Å². The van der Waals surface area contributed by atoms with Gasteiger partial charge in [0, 0.05) is 29.3 Å². The maximum absolute atomic E-state index is 12.7. The first-order valence-corrected chi connectivity index (χ1v) is 10.5. The molecule has 0 saturated carbocycles. The van der Waals surface area contributed by atoms with E-state index < -0.39 is 9.73 Å². The predicted octanol–water partition coefficient (Wildman–Crippen LogP) is 2.66. The molecule has 0 unspecified atom stereocenters. The highest BCUT2D eigenvalue weighted by molar-refractivity contribution is 7.91. The molecule has 0 aliphatic heterocycles. The van der Waals surface area contributed by atoms with Crippen LogP contribution >= 0.6 is 0 Å². The Morgan fingerprint density at radius 2 is 1.88 bits per heavy atom. The molecule has 0 bridgehead atoms. The van der Waals surface area contributed by atoms with E-state index in [4.69, 9.17) is 4.78 Å². The molecule has 0 spiro atoms. The molecule has 0 aliphatic carbocycles. The highest BCUT2D eigenvalue weighted by atomic mass is 32.2. The van der Waals surface area contributed by atoms with Gasteiger partial charge < -0.3 is 4.57 Å². The summed E-state index contributed by atoms with van der Waals surface area (Å²) < 4.78 is 22.8. The predicted molar refractivity (Wildman–Crippen MR) is 101 cm³/mol. The molecule has 0 amide bonds. The highest BCUT2D eigenvalue weighted by Gasteiger charge is 2.15. The molecule has 3 rings (SSSR count). The number of nitrogens with zero attached hydrogens (tertiary/aromatic N) is 4. The molecular formula is C18H23N5O2S. The number of hydrogen-bond donors (Lipinski definition) is 1. The molecule has 2 aromatic heterocycles. The van der Waals surface area contributed by atoms with Gasteiger partial charge in [-0.05, 0) is 23.6 Å². The number of nitrogens with one attached hydrogen (secondary N) is 1. The third kappa shape index (κ3) is 3.41. The molecule has 8 heteroatoms. The summed E-state index contributed by atoms with van der Waals surface area (Å²) in [6.45, 7) is 6.42. The average Bonchev–Trinajstić information content (AvgIpc) is 3.02. The minimum Gasteiger partial charge on any atom is -0.312 e. The SMILES string of the molecule is CCc1nc2n(Cc3ccc([S@@](C)(=N)=O)cc3)cc(C(C)C)c(=O)n2n1. The second-order valence-corrected chi connectivity index (χ2v) is 8.91. The Balaban J connectivity index is 2.10. The maximum atomic E-state index is 12.7. The second kappa shape index (κ2) is 6.68. The Hall–Kier alpha value is -2.48. The first kappa shape index (κ1) is 18.3. The van der Waals surface area contributed by atoms with Crippen LogP contribution in [0.1, 0.15) is 43.6 Å². The van der Waals surface area contributed by atoms with Gasteiger partial charge >= 0.3 is 0 Å². The highest BCUT2D eigenvalue weighted by Crippen LogP contribution is 2.15. The molecule has 1 aromatic carbocycles. The van der Waals surface area contributed by atoms with Crippen molar-refractivity contribution in [2.24, 2.45) is 0 Å². The van der Waals surface area contributed by atoms with Crippen molar-refractivity contribution in [3.05, 3.63) is 57.8 Å². The molecule has 0 aliphatic rings. The molecular weight excluding hydrogens is 350 g/mol. The summed E-state index contributed by atoms with van der Waals surface area (Å²) in [4.78, 5) is 17.6. The minimum atomic E-state index is -2.73. The number of aryl methyl sites for hydroxylation is 1. The zero-order valence-electron chi connectivity index (χ0n) is 15.4. The summed E-state index contributed by atoms with van der Waals surface area (Å²) in [5, 5.41) is 4.33. The number of aromatic nitrogens is 4. The lowest BCUT2D eigenvalue weighted by Gasteiger charge is -2.12. The van der Waals surface area contributed by atoms with Gasteiger partial charge in [-0.2, -0.15) is 9.50 Å². The quantitative estimate of drug-likeness (QED) is 0.744. The van der Waals surface area contributed by atoms with Crippen molar-refractivity contribution < 1.29 is 4.21 Å². The van der Waals surface area contributed by atoms with Crippen LogP contribution in [0.3, 0.4) is 0 Å². The number of benzene rings is 1. The van der Waals surface area contributed by atoms with Crippen molar-refractivity contribution in [2.45, 2.75) is 44.6 Å². The lowest BCUT2D eigenvalue weighted by molar-refractivity contribution is 0.678. The summed E-state index contributed by atoms with van der Waals surface area (Å²) >= 11 is 0. The van der Waals surface area contributed by atoms with E-state index >= 15 is 0 Å². The minimum absolute atomic E-state index is 0.0721. The van der Waals surface area contributed by atoms with E-state index in [1.165, 1.54) is 10.8 Å². The van der Waals surface area contributed by atoms with E-state index in [0.717, 1.165) is 5.56 Å². The summed E-state index contributed by atoms with van der Waals surface area (Å²) in [6, 6.07) is 7.14. The Kier molecular flexibility index (Phi) is 4.70. The maximum Gasteiger partial charge on any atom is 0.279 e. The van der Waals surface area contributed by atoms with Gasteiger partial charge in [0.25, 0.3) is 5.56 Å².